The zero-order valence-corrected chi connectivity index (χ0v) is 13.6. The Balaban J connectivity index is 1.80. The van der Waals surface area contributed by atoms with Gasteiger partial charge in [-0.15, -0.1) is 10.2 Å². The highest BCUT2D eigenvalue weighted by Gasteiger charge is 2.27. The molecule has 1 aliphatic rings. The van der Waals surface area contributed by atoms with E-state index in [1.165, 1.54) is 18.4 Å². The highest BCUT2D eigenvalue weighted by Crippen LogP contribution is 2.34. The fraction of sp³-hybridized carbons (Fsp3) is 0.529. The summed E-state index contributed by atoms with van der Waals surface area (Å²) in [5, 5.41) is 8.58. The highest BCUT2D eigenvalue weighted by molar-refractivity contribution is 5.31. The Bertz CT molecular complexity index is 637. The van der Waals surface area contributed by atoms with Crippen molar-refractivity contribution in [2.75, 3.05) is 13.7 Å². The monoisotopic (exact) mass is 300 g/mol. The number of ether oxygens (including phenoxy) is 1. The molecular weight excluding hydrogens is 276 g/mol. The lowest BCUT2D eigenvalue weighted by atomic mass is 10.0. The van der Waals surface area contributed by atoms with Gasteiger partial charge < -0.3 is 9.30 Å². The minimum Gasteiger partial charge on any atom is -0.497 e. The summed E-state index contributed by atoms with van der Waals surface area (Å²) >= 11 is 0. The summed E-state index contributed by atoms with van der Waals surface area (Å²) in [7, 11) is 1.72. The van der Waals surface area contributed by atoms with Crippen molar-refractivity contribution in [3.63, 3.8) is 0 Å². The lowest BCUT2D eigenvalue weighted by Gasteiger charge is -2.24. The van der Waals surface area contributed by atoms with Gasteiger partial charge in [0.1, 0.15) is 17.4 Å². The number of aryl methyl sites for hydroxylation is 1. The molecule has 2 heterocycles. The Morgan fingerprint density at radius 3 is 2.95 bits per heavy atom. The van der Waals surface area contributed by atoms with Crippen molar-refractivity contribution in [1.29, 1.82) is 0 Å². The number of likely N-dealkylation sites (tertiary alicyclic amines) is 1. The summed E-state index contributed by atoms with van der Waals surface area (Å²) in [6.45, 7) is 7.05. The largest absolute Gasteiger partial charge is 0.497 e. The SMILES string of the molecule is CCn1c(C)nnc1CN1CCC[C@@H]1c1cccc(OC)c1. The van der Waals surface area contributed by atoms with Gasteiger partial charge in [0.15, 0.2) is 0 Å². The number of benzene rings is 1. The van der Waals surface area contributed by atoms with Crippen LogP contribution in [0.25, 0.3) is 0 Å². The van der Waals surface area contributed by atoms with Gasteiger partial charge >= 0.3 is 0 Å². The maximum atomic E-state index is 5.36. The molecule has 3 rings (SSSR count). The molecule has 0 aliphatic carbocycles. The van der Waals surface area contributed by atoms with Gasteiger partial charge in [-0.1, -0.05) is 12.1 Å². The van der Waals surface area contributed by atoms with Gasteiger partial charge in [-0.05, 0) is 50.9 Å². The summed E-state index contributed by atoms with van der Waals surface area (Å²) in [5.41, 5.74) is 1.33. The van der Waals surface area contributed by atoms with Crippen LogP contribution in [-0.2, 0) is 13.1 Å². The van der Waals surface area contributed by atoms with Crippen molar-refractivity contribution in [2.24, 2.45) is 0 Å². The van der Waals surface area contributed by atoms with E-state index in [0.29, 0.717) is 6.04 Å². The Hall–Kier alpha value is -1.88. The Morgan fingerprint density at radius 1 is 1.32 bits per heavy atom. The molecule has 0 radical (unpaired) electrons. The average molecular weight is 300 g/mol. The van der Waals surface area contributed by atoms with E-state index in [2.05, 4.69) is 44.8 Å². The smallest absolute Gasteiger partial charge is 0.147 e. The predicted octanol–water partition coefficient (Wildman–Crippen LogP) is 2.95. The van der Waals surface area contributed by atoms with Gasteiger partial charge in [0.25, 0.3) is 0 Å². The summed E-state index contributed by atoms with van der Waals surface area (Å²) in [6.07, 6.45) is 2.41. The number of hydrogen-bond acceptors (Lipinski definition) is 4. The van der Waals surface area contributed by atoms with E-state index in [4.69, 9.17) is 4.74 Å². The fourth-order valence-electron chi connectivity index (χ4n) is 3.38. The molecule has 5 nitrogen and oxygen atoms in total. The van der Waals surface area contributed by atoms with Crippen LogP contribution < -0.4 is 4.74 Å². The minimum absolute atomic E-state index is 0.442. The zero-order valence-electron chi connectivity index (χ0n) is 13.6. The average Bonchev–Trinajstić information content (AvgIpc) is 3.14. The van der Waals surface area contributed by atoms with E-state index >= 15 is 0 Å². The lowest BCUT2D eigenvalue weighted by molar-refractivity contribution is 0.238. The quantitative estimate of drug-likeness (QED) is 0.851. The van der Waals surface area contributed by atoms with Crippen molar-refractivity contribution in [3.05, 3.63) is 41.5 Å². The van der Waals surface area contributed by atoms with Crippen molar-refractivity contribution in [1.82, 2.24) is 19.7 Å². The predicted molar refractivity (Wildman–Crippen MR) is 85.8 cm³/mol. The van der Waals surface area contributed by atoms with Gasteiger partial charge in [0, 0.05) is 12.6 Å². The molecule has 0 amide bonds. The molecule has 1 saturated heterocycles. The second-order valence-corrected chi connectivity index (χ2v) is 5.81. The van der Waals surface area contributed by atoms with Gasteiger partial charge in [-0.2, -0.15) is 0 Å². The number of rotatable bonds is 5. The van der Waals surface area contributed by atoms with Gasteiger partial charge in [-0.3, -0.25) is 4.90 Å². The first kappa shape index (κ1) is 15.0. The van der Waals surface area contributed by atoms with Crippen LogP contribution in [0.2, 0.25) is 0 Å². The molecule has 1 aromatic heterocycles. The summed E-state index contributed by atoms with van der Waals surface area (Å²) in [5.74, 6) is 2.99. The zero-order chi connectivity index (χ0) is 15.5. The first-order chi connectivity index (χ1) is 10.7. The summed E-state index contributed by atoms with van der Waals surface area (Å²) < 4.78 is 7.56. The number of aromatic nitrogens is 3. The number of hydrogen-bond donors (Lipinski definition) is 0. The molecule has 0 unspecified atom stereocenters. The van der Waals surface area contributed by atoms with E-state index < -0.39 is 0 Å². The number of nitrogens with zero attached hydrogens (tertiary/aromatic N) is 4. The van der Waals surface area contributed by atoms with Crippen LogP contribution in [0.3, 0.4) is 0 Å². The number of methoxy groups -OCH3 is 1. The van der Waals surface area contributed by atoms with E-state index in [0.717, 1.165) is 37.0 Å². The Kier molecular flexibility index (Phi) is 4.43. The first-order valence-corrected chi connectivity index (χ1v) is 7.99. The molecule has 1 aliphatic heterocycles. The standard InChI is InChI=1S/C17H24N4O/c1-4-21-13(2)18-19-17(21)12-20-10-6-9-16(20)14-7-5-8-15(11-14)22-3/h5,7-8,11,16H,4,6,9-10,12H2,1-3H3/t16-/m1/s1. The molecule has 1 fully saturated rings. The normalized spacial score (nSPS) is 18.8. The third-order valence-electron chi connectivity index (χ3n) is 4.52. The Morgan fingerprint density at radius 2 is 2.18 bits per heavy atom. The van der Waals surface area contributed by atoms with Crippen molar-refractivity contribution < 1.29 is 4.74 Å². The molecule has 5 heteroatoms. The van der Waals surface area contributed by atoms with Crippen LogP contribution in [0, 0.1) is 6.92 Å². The maximum absolute atomic E-state index is 5.36. The molecular formula is C17H24N4O. The molecule has 1 aromatic carbocycles. The molecule has 1 atom stereocenters. The molecule has 0 spiro atoms. The maximum Gasteiger partial charge on any atom is 0.147 e. The summed E-state index contributed by atoms with van der Waals surface area (Å²) in [4.78, 5) is 2.50. The third kappa shape index (κ3) is 2.86. The van der Waals surface area contributed by atoms with E-state index in [9.17, 15) is 0 Å². The van der Waals surface area contributed by atoms with Crippen LogP contribution in [0.1, 0.15) is 43.0 Å². The fourth-order valence-corrected chi connectivity index (χ4v) is 3.38. The second kappa shape index (κ2) is 6.48. The van der Waals surface area contributed by atoms with E-state index in [1.807, 2.05) is 13.0 Å². The van der Waals surface area contributed by atoms with E-state index in [-0.39, 0.29) is 0 Å². The summed E-state index contributed by atoms with van der Waals surface area (Å²) in [6, 6.07) is 8.86. The molecule has 0 N–H and O–H groups in total. The minimum atomic E-state index is 0.442. The highest BCUT2D eigenvalue weighted by atomic mass is 16.5. The van der Waals surface area contributed by atoms with E-state index in [1.54, 1.807) is 7.11 Å². The van der Waals surface area contributed by atoms with Crippen molar-refractivity contribution in [2.45, 2.75) is 45.8 Å². The van der Waals surface area contributed by atoms with Crippen LogP contribution >= 0.6 is 0 Å². The van der Waals surface area contributed by atoms with Crippen LogP contribution in [-0.4, -0.2) is 33.3 Å². The van der Waals surface area contributed by atoms with Crippen molar-refractivity contribution in [3.8, 4) is 5.75 Å². The molecule has 118 valence electrons. The molecule has 2 aromatic rings. The second-order valence-electron chi connectivity index (χ2n) is 5.81. The van der Waals surface area contributed by atoms with Crippen molar-refractivity contribution >= 4 is 0 Å². The topological polar surface area (TPSA) is 43.2 Å². The van der Waals surface area contributed by atoms with Crippen LogP contribution in [0.5, 0.6) is 5.75 Å². The van der Waals surface area contributed by atoms with Gasteiger partial charge in [0.05, 0.1) is 13.7 Å². The Labute approximate surface area is 131 Å². The van der Waals surface area contributed by atoms with Crippen LogP contribution in [0.4, 0.5) is 0 Å². The third-order valence-corrected chi connectivity index (χ3v) is 4.52. The van der Waals surface area contributed by atoms with Crippen LogP contribution in [0.15, 0.2) is 24.3 Å². The molecule has 22 heavy (non-hydrogen) atoms. The first-order valence-electron chi connectivity index (χ1n) is 7.99. The molecule has 0 bridgehead atoms. The lowest BCUT2D eigenvalue weighted by Crippen LogP contribution is -2.25. The van der Waals surface area contributed by atoms with Gasteiger partial charge in [0.2, 0.25) is 0 Å². The molecule has 0 saturated carbocycles. The van der Waals surface area contributed by atoms with Gasteiger partial charge in [-0.25, -0.2) is 0 Å².